The number of rotatable bonds is 8. The number of carbonyl (C=O) groups is 2. The van der Waals surface area contributed by atoms with Gasteiger partial charge in [0, 0.05) is 12.1 Å². The van der Waals surface area contributed by atoms with Crippen molar-refractivity contribution in [3.63, 3.8) is 0 Å². The van der Waals surface area contributed by atoms with Crippen LogP contribution in [-0.4, -0.2) is 67.3 Å². The number of likely N-dealkylation sites (N-methyl/N-ethyl adjacent to an activating group) is 1. The van der Waals surface area contributed by atoms with E-state index in [4.69, 9.17) is 4.74 Å². The summed E-state index contributed by atoms with van der Waals surface area (Å²) in [5.41, 5.74) is 0.405. The molecular formula is C19H26FN3O4. The van der Waals surface area contributed by atoms with Crippen molar-refractivity contribution < 1.29 is 23.8 Å². The zero-order chi connectivity index (χ0) is 19.8. The summed E-state index contributed by atoms with van der Waals surface area (Å²) in [6.07, 6.45) is 2.30. The van der Waals surface area contributed by atoms with Gasteiger partial charge >= 0.3 is 0 Å². The summed E-state index contributed by atoms with van der Waals surface area (Å²) in [5.74, 6) is -0.847. The number of benzene rings is 1. The Morgan fingerprint density at radius 3 is 2.63 bits per heavy atom. The number of hydrogen-bond donors (Lipinski definition) is 3. The molecule has 1 aromatic carbocycles. The second-order valence-corrected chi connectivity index (χ2v) is 6.68. The lowest BCUT2D eigenvalue weighted by Crippen LogP contribution is -2.50. The molecule has 1 heterocycles. The largest absolute Gasteiger partial charge is 0.394 e. The standard InChI is InChI=1S/C19H26FN3O4/c1-23(2)11-19(26)22-16-8-7-14(27-17(16)12-24)9-18(25)21-10-13-5-3-4-6-15(13)20/h3-8,14,16-17,24H,9-12H2,1-2H3,(H,21,25)(H,22,26)/t14-,16-,17+/m0/s1. The normalized spacial score (nSPS) is 21.9. The number of aliphatic hydroxyl groups excluding tert-OH is 1. The Hall–Kier alpha value is -2.29. The van der Waals surface area contributed by atoms with Crippen LogP contribution in [0.25, 0.3) is 0 Å². The predicted molar refractivity (Wildman–Crippen MR) is 98.2 cm³/mol. The summed E-state index contributed by atoms with van der Waals surface area (Å²) in [5, 5.41) is 15.0. The Bertz CT molecular complexity index is 681. The quantitative estimate of drug-likeness (QED) is 0.561. The van der Waals surface area contributed by atoms with Crippen LogP contribution >= 0.6 is 0 Å². The number of nitrogens with zero attached hydrogens (tertiary/aromatic N) is 1. The van der Waals surface area contributed by atoms with E-state index in [0.29, 0.717) is 5.56 Å². The minimum Gasteiger partial charge on any atom is -0.394 e. The molecule has 0 saturated heterocycles. The van der Waals surface area contributed by atoms with Gasteiger partial charge in [-0.1, -0.05) is 30.4 Å². The fourth-order valence-corrected chi connectivity index (χ4v) is 2.75. The van der Waals surface area contributed by atoms with Crippen molar-refractivity contribution in [2.45, 2.75) is 31.2 Å². The van der Waals surface area contributed by atoms with Crippen molar-refractivity contribution in [2.24, 2.45) is 0 Å². The van der Waals surface area contributed by atoms with Crippen LogP contribution in [0.1, 0.15) is 12.0 Å². The molecule has 0 aliphatic carbocycles. The van der Waals surface area contributed by atoms with E-state index in [1.165, 1.54) is 6.07 Å². The van der Waals surface area contributed by atoms with Crippen molar-refractivity contribution in [1.82, 2.24) is 15.5 Å². The van der Waals surface area contributed by atoms with Crippen molar-refractivity contribution in [3.8, 4) is 0 Å². The maximum Gasteiger partial charge on any atom is 0.234 e. The molecular weight excluding hydrogens is 353 g/mol. The summed E-state index contributed by atoms with van der Waals surface area (Å²) >= 11 is 0. The van der Waals surface area contributed by atoms with Gasteiger partial charge in [0.25, 0.3) is 0 Å². The number of aliphatic hydroxyl groups is 1. The van der Waals surface area contributed by atoms with Gasteiger partial charge in [-0.25, -0.2) is 4.39 Å². The Morgan fingerprint density at radius 1 is 1.22 bits per heavy atom. The SMILES string of the molecule is CN(C)CC(=O)N[C@H]1C=C[C@@H](CC(=O)NCc2ccccc2F)O[C@@H]1CO. The predicted octanol–water partition coefficient (Wildman–Crippen LogP) is 0.194. The minimum absolute atomic E-state index is 0.0415. The average Bonchev–Trinajstić information content (AvgIpc) is 2.61. The molecule has 8 heteroatoms. The van der Waals surface area contributed by atoms with Gasteiger partial charge in [0.2, 0.25) is 11.8 Å². The molecule has 2 rings (SSSR count). The first kappa shape index (κ1) is 21.0. The van der Waals surface area contributed by atoms with Gasteiger partial charge in [0.15, 0.2) is 0 Å². The van der Waals surface area contributed by atoms with Crippen LogP contribution in [0.2, 0.25) is 0 Å². The molecule has 3 atom stereocenters. The third-order valence-electron chi connectivity index (χ3n) is 4.07. The van der Waals surface area contributed by atoms with Crippen LogP contribution in [0.5, 0.6) is 0 Å². The second-order valence-electron chi connectivity index (χ2n) is 6.68. The molecule has 0 fully saturated rings. The minimum atomic E-state index is -0.634. The summed E-state index contributed by atoms with van der Waals surface area (Å²) < 4.78 is 19.3. The molecule has 1 aliphatic heterocycles. The Kier molecular flexibility index (Phi) is 7.90. The molecule has 0 radical (unpaired) electrons. The van der Waals surface area contributed by atoms with E-state index in [-0.39, 0.29) is 43.7 Å². The van der Waals surface area contributed by atoms with E-state index >= 15 is 0 Å². The zero-order valence-corrected chi connectivity index (χ0v) is 15.5. The van der Waals surface area contributed by atoms with Gasteiger partial charge in [-0.2, -0.15) is 0 Å². The highest BCUT2D eigenvalue weighted by molar-refractivity contribution is 5.78. The van der Waals surface area contributed by atoms with E-state index in [1.807, 2.05) is 0 Å². The van der Waals surface area contributed by atoms with Gasteiger partial charge in [-0.05, 0) is 20.2 Å². The topological polar surface area (TPSA) is 90.9 Å². The number of hydrogen-bond acceptors (Lipinski definition) is 5. The highest BCUT2D eigenvalue weighted by Crippen LogP contribution is 2.16. The first-order chi connectivity index (χ1) is 12.9. The molecule has 0 saturated carbocycles. The Balaban J connectivity index is 1.85. The summed E-state index contributed by atoms with van der Waals surface area (Å²) in [6.45, 7) is 0.0313. The molecule has 0 spiro atoms. The molecule has 27 heavy (non-hydrogen) atoms. The molecule has 0 aromatic heterocycles. The van der Waals surface area contributed by atoms with Gasteiger partial charge in [-0.3, -0.25) is 9.59 Å². The number of amides is 2. The maximum absolute atomic E-state index is 13.6. The van der Waals surface area contributed by atoms with Gasteiger partial charge in [0.1, 0.15) is 11.9 Å². The van der Waals surface area contributed by atoms with Gasteiger partial charge in [0.05, 0.1) is 31.7 Å². The van der Waals surface area contributed by atoms with Crippen LogP contribution in [0.15, 0.2) is 36.4 Å². The van der Waals surface area contributed by atoms with Crippen molar-refractivity contribution >= 4 is 11.8 Å². The second kappa shape index (κ2) is 10.1. The molecule has 1 aromatic rings. The molecule has 0 bridgehead atoms. The van der Waals surface area contributed by atoms with Gasteiger partial charge in [-0.15, -0.1) is 0 Å². The Labute approximate surface area is 158 Å². The highest BCUT2D eigenvalue weighted by Gasteiger charge is 2.29. The van der Waals surface area contributed by atoms with Crippen LogP contribution in [0.3, 0.4) is 0 Å². The van der Waals surface area contributed by atoms with Crippen LogP contribution < -0.4 is 10.6 Å². The fourth-order valence-electron chi connectivity index (χ4n) is 2.75. The number of ether oxygens (including phenoxy) is 1. The molecule has 1 aliphatic rings. The van der Waals surface area contributed by atoms with Crippen LogP contribution in [0.4, 0.5) is 4.39 Å². The number of halogens is 1. The smallest absolute Gasteiger partial charge is 0.234 e. The summed E-state index contributed by atoms with van der Waals surface area (Å²) in [6, 6.07) is 5.78. The lowest BCUT2D eigenvalue weighted by Gasteiger charge is -2.32. The summed E-state index contributed by atoms with van der Waals surface area (Å²) in [4.78, 5) is 25.7. The van der Waals surface area contributed by atoms with Crippen molar-refractivity contribution in [3.05, 3.63) is 47.8 Å². The maximum atomic E-state index is 13.6. The molecule has 3 N–H and O–H groups in total. The van der Waals surface area contributed by atoms with Crippen LogP contribution in [-0.2, 0) is 20.9 Å². The van der Waals surface area contributed by atoms with Crippen LogP contribution in [0, 0.1) is 5.82 Å². The molecule has 2 amide bonds. The molecule has 7 nitrogen and oxygen atoms in total. The van der Waals surface area contributed by atoms with E-state index in [1.54, 1.807) is 49.3 Å². The van der Waals surface area contributed by atoms with Crippen molar-refractivity contribution in [2.75, 3.05) is 27.2 Å². The van der Waals surface area contributed by atoms with E-state index < -0.39 is 18.2 Å². The third kappa shape index (κ3) is 6.74. The fraction of sp³-hybridized carbons (Fsp3) is 0.474. The first-order valence-electron chi connectivity index (χ1n) is 8.78. The number of nitrogens with one attached hydrogen (secondary N) is 2. The van der Waals surface area contributed by atoms with Gasteiger partial charge < -0.3 is 25.4 Å². The lowest BCUT2D eigenvalue weighted by molar-refractivity contribution is -0.128. The monoisotopic (exact) mass is 379 g/mol. The summed E-state index contributed by atoms with van der Waals surface area (Å²) in [7, 11) is 3.57. The van der Waals surface area contributed by atoms with E-state index in [9.17, 15) is 19.1 Å². The molecule has 148 valence electrons. The first-order valence-corrected chi connectivity index (χ1v) is 8.78. The van der Waals surface area contributed by atoms with Crippen molar-refractivity contribution in [1.29, 1.82) is 0 Å². The zero-order valence-electron chi connectivity index (χ0n) is 15.5. The number of carbonyl (C=O) groups excluding carboxylic acids is 2. The lowest BCUT2D eigenvalue weighted by atomic mass is 10.0. The third-order valence-corrected chi connectivity index (χ3v) is 4.07. The highest BCUT2D eigenvalue weighted by atomic mass is 19.1. The van der Waals surface area contributed by atoms with E-state index in [2.05, 4.69) is 10.6 Å². The average molecular weight is 379 g/mol. The van der Waals surface area contributed by atoms with E-state index in [0.717, 1.165) is 0 Å². The Morgan fingerprint density at radius 2 is 1.96 bits per heavy atom. The molecule has 0 unspecified atom stereocenters.